The fourth-order valence-corrected chi connectivity index (χ4v) is 2.74. The maximum Gasteiger partial charge on any atom is 0.525 e. The second kappa shape index (κ2) is 8.51. The molecule has 0 aliphatic carbocycles. The Hall–Kier alpha value is -1.59. The number of hydrogen-bond acceptors (Lipinski definition) is 3. The lowest BCUT2D eigenvalue weighted by Gasteiger charge is -2.32. The number of alkyl halides is 6. The van der Waals surface area contributed by atoms with Gasteiger partial charge in [-0.3, -0.25) is 0 Å². The van der Waals surface area contributed by atoms with Gasteiger partial charge in [0.15, 0.2) is 0 Å². The molecule has 1 heterocycles. The summed E-state index contributed by atoms with van der Waals surface area (Å²) in [4.78, 5) is 0. The van der Waals surface area contributed by atoms with Crippen molar-refractivity contribution in [1.82, 2.24) is 0 Å². The zero-order valence-corrected chi connectivity index (χ0v) is 16.9. The highest BCUT2D eigenvalue weighted by molar-refractivity contribution is 6.55. The number of hydrogen-bond donors (Lipinski definition) is 0. The molecular formula is C19H22BF7O3. The first kappa shape index (κ1) is 24.7. The van der Waals surface area contributed by atoms with Crippen LogP contribution in [0.15, 0.2) is 30.0 Å². The fraction of sp³-hybridized carbons (Fsp3) is 0.579. The summed E-state index contributed by atoms with van der Waals surface area (Å²) in [5.41, 5.74) is -4.28. The quantitative estimate of drug-likeness (QED) is 0.308. The van der Waals surface area contributed by atoms with Crippen LogP contribution in [-0.2, 0) is 20.2 Å². The van der Waals surface area contributed by atoms with Crippen molar-refractivity contribution >= 4 is 12.7 Å². The van der Waals surface area contributed by atoms with E-state index in [4.69, 9.17) is 9.31 Å². The molecule has 0 spiro atoms. The van der Waals surface area contributed by atoms with Crippen LogP contribution in [0.4, 0.5) is 30.7 Å². The van der Waals surface area contributed by atoms with Gasteiger partial charge in [0, 0.05) is 0 Å². The van der Waals surface area contributed by atoms with Crippen LogP contribution in [-0.4, -0.2) is 37.7 Å². The van der Waals surface area contributed by atoms with Crippen LogP contribution in [0.2, 0.25) is 0 Å². The van der Waals surface area contributed by atoms with E-state index in [9.17, 15) is 26.3 Å². The Balaban J connectivity index is 2.38. The maximum atomic E-state index is 15.3. The first-order valence-corrected chi connectivity index (χ1v) is 9.10. The fourth-order valence-electron chi connectivity index (χ4n) is 2.74. The number of halogens is 7. The molecule has 2 rings (SSSR count). The molecule has 0 amide bonds. The van der Waals surface area contributed by atoms with Gasteiger partial charge in [-0.2, -0.15) is 26.3 Å². The minimum Gasteiger partial charge on any atom is -0.398 e. The van der Waals surface area contributed by atoms with Gasteiger partial charge in [-0.25, -0.2) is 4.39 Å². The molecule has 1 aliphatic rings. The summed E-state index contributed by atoms with van der Waals surface area (Å²) in [6, 6.07) is 3.86. The third kappa shape index (κ3) is 5.98. The summed E-state index contributed by atoms with van der Waals surface area (Å²) >= 11 is 0. The predicted octanol–water partition coefficient (Wildman–Crippen LogP) is 5.99. The van der Waals surface area contributed by atoms with Gasteiger partial charge in [-0.05, 0) is 57.4 Å². The minimum absolute atomic E-state index is 0.146. The molecule has 1 saturated heterocycles. The Labute approximate surface area is 170 Å². The van der Waals surface area contributed by atoms with Crippen molar-refractivity contribution in [1.29, 1.82) is 0 Å². The van der Waals surface area contributed by atoms with E-state index in [0.717, 1.165) is 18.2 Å². The average molecular weight is 442 g/mol. The molecule has 168 valence electrons. The van der Waals surface area contributed by atoms with E-state index in [1.54, 1.807) is 27.7 Å². The molecule has 1 aromatic carbocycles. The standard InChI is InChI=1S/C19H22BF7O3/c1-16(2)17(3,4)30-20(29-16)15(21)14(8-9-28-11-18(22,23)24)12-6-5-7-13(10-12)19(25,26)27/h5-7,10H,8-9,11H2,1-4H3. The molecule has 0 radical (unpaired) electrons. The Morgan fingerprint density at radius 2 is 1.57 bits per heavy atom. The molecule has 1 aliphatic heterocycles. The molecule has 3 nitrogen and oxygen atoms in total. The Bertz CT molecular complexity index is 769. The molecular weight excluding hydrogens is 420 g/mol. The van der Waals surface area contributed by atoms with Gasteiger partial charge in [0.2, 0.25) is 0 Å². The molecule has 0 saturated carbocycles. The van der Waals surface area contributed by atoms with Crippen molar-refractivity contribution < 1.29 is 44.8 Å². The molecule has 0 atom stereocenters. The highest BCUT2D eigenvalue weighted by atomic mass is 19.4. The molecule has 11 heteroatoms. The third-order valence-corrected chi connectivity index (χ3v) is 5.05. The van der Waals surface area contributed by atoms with Crippen molar-refractivity contribution in [3.8, 4) is 0 Å². The van der Waals surface area contributed by atoms with E-state index in [0.29, 0.717) is 0 Å². The van der Waals surface area contributed by atoms with Crippen LogP contribution in [0.5, 0.6) is 0 Å². The summed E-state index contributed by atoms with van der Waals surface area (Å²) < 4.78 is 107. The van der Waals surface area contributed by atoms with Crippen molar-refractivity contribution in [2.24, 2.45) is 0 Å². The van der Waals surface area contributed by atoms with Crippen molar-refractivity contribution in [3.63, 3.8) is 0 Å². The van der Waals surface area contributed by atoms with Gasteiger partial charge in [-0.15, -0.1) is 0 Å². The predicted molar refractivity (Wildman–Crippen MR) is 97.0 cm³/mol. The average Bonchev–Trinajstić information content (AvgIpc) is 2.80. The monoisotopic (exact) mass is 442 g/mol. The van der Waals surface area contributed by atoms with Crippen LogP contribution in [0, 0.1) is 0 Å². The molecule has 0 bridgehead atoms. The first-order valence-electron chi connectivity index (χ1n) is 9.10. The lowest BCUT2D eigenvalue weighted by molar-refractivity contribution is -0.173. The minimum atomic E-state index is -4.67. The first-order chi connectivity index (χ1) is 13.5. The van der Waals surface area contributed by atoms with E-state index in [1.807, 2.05) is 0 Å². The van der Waals surface area contributed by atoms with E-state index in [-0.39, 0.29) is 11.1 Å². The Morgan fingerprint density at radius 3 is 2.07 bits per heavy atom. The number of rotatable bonds is 6. The second-order valence-electron chi connectivity index (χ2n) is 7.91. The van der Waals surface area contributed by atoms with Crippen LogP contribution in [0.25, 0.3) is 5.57 Å². The van der Waals surface area contributed by atoms with E-state index in [2.05, 4.69) is 4.74 Å². The summed E-state index contributed by atoms with van der Waals surface area (Å²) in [7, 11) is -1.51. The Morgan fingerprint density at radius 1 is 1.00 bits per heavy atom. The molecule has 30 heavy (non-hydrogen) atoms. The molecule has 0 unspecified atom stereocenters. The van der Waals surface area contributed by atoms with Crippen LogP contribution < -0.4 is 0 Å². The van der Waals surface area contributed by atoms with Gasteiger partial charge >= 0.3 is 19.5 Å². The van der Waals surface area contributed by atoms with E-state index >= 15 is 4.39 Å². The van der Waals surface area contributed by atoms with Gasteiger partial charge in [0.1, 0.15) is 12.3 Å². The van der Waals surface area contributed by atoms with Crippen LogP contribution in [0.3, 0.4) is 0 Å². The SMILES string of the molecule is CC1(C)OB(C(F)=C(CCOCC(F)(F)F)c2cccc(C(F)(F)F)c2)OC1(C)C. The molecule has 1 fully saturated rings. The number of ether oxygens (including phenoxy) is 1. The highest BCUT2D eigenvalue weighted by Gasteiger charge is 2.53. The topological polar surface area (TPSA) is 27.7 Å². The normalized spacial score (nSPS) is 19.8. The third-order valence-electron chi connectivity index (χ3n) is 5.05. The summed E-state index contributed by atoms with van der Waals surface area (Å²) in [6.45, 7) is 4.54. The van der Waals surface area contributed by atoms with Gasteiger partial charge in [0.05, 0.1) is 23.4 Å². The van der Waals surface area contributed by atoms with Crippen LogP contribution >= 0.6 is 0 Å². The van der Waals surface area contributed by atoms with Crippen molar-refractivity contribution in [2.45, 2.75) is 57.7 Å². The van der Waals surface area contributed by atoms with Gasteiger partial charge in [0.25, 0.3) is 0 Å². The summed E-state index contributed by atoms with van der Waals surface area (Å²) in [5, 5.41) is 0. The zero-order chi connectivity index (χ0) is 23.0. The smallest absolute Gasteiger partial charge is 0.398 e. The maximum absolute atomic E-state index is 15.3. The van der Waals surface area contributed by atoms with Crippen LogP contribution in [0.1, 0.15) is 45.2 Å². The zero-order valence-electron chi connectivity index (χ0n) is 16.9. The lowest BCUT2D eigenvalue weighted by Crippen LogP contribution is -2.41. The molecule has 1 aromatic rings. The number of benzene rings is 1. The molecule has 0 aromatic heterocycles. The largest absolute Gasteiger partial charge is 0.525 e. The second-order valence-corrected chi connectivity index (χ2v) is 7.91. The van der Waals surface area contributed by atoms with Crippen molar-refractivity contribution in [2.75, 3.05) is 13.2 Å². The molecule has 0 N–H and O–H groups in total. The van der Waals surface area contributed by atoms with Gasteiger partial charge in [-0.1, -0.05) is 12.1 Å². The lowest BCUT2D eigenvalue weighted by atomic mass is 9.81. The van der Waals surface area contributed by atoms with Crippen molar-refractivity contribution in [3.05, 3.63) is 41.1 Å². The summed E-state index contributed by atoms with van der Waals surface area (Å²) in [6.07, 6.45) is -9.66. The highest BCUT2D eigenvalue weighted by Crippen LogP contribution is 2.41. The van der Waals surface area contributed by atoms with E-state index in [1.165, 1.54) is 6.07 Å². The van der Waals surface area contributed by atoms with E-state index < -0.39 is 61.6 Å². The summed E-state index contributed by atoms with van der Waals surface area (Å²) in [5.74, 6) is 0. The van der Waals surface area contributed by atoms with Gasteiger partial charge < -0.3 is 14.0 Å². The Kier molecular flexibility index (Phi) is 7.00.